The van der Waals surface area contributed by atoms with Gasteiger partial charge in [-0.3, -0.25) is 18.5 Å². The van der Waals surface area contributed by atoms with Crippen LogP contribution in [0.3, 0.4) is 0 Å². The predicted octanol–water partition coefficient (Wildman–Crippen LogP) is 3.58. The summed E-state index contributed by atoms with van der Waals surface area (Å²) >= 11 is 11.9. The van der Waals surface area contributed by atoms with Gasteiger partial charge in [-0.15, -0.1) is 0 Å². The van der Waals surface area contributed by atoms with Crippen LogP contribution >= 0.6 is 23.2 Å². The van der Waals surface area contributed by atoms with E-state index in [4.69, 9.17) is 27.9 Å². The molecule has 0 amide bonds. The molecule has 29 heavy (non-hydrogen) atoms. The summed E-state index contributed by atoms with van der Waals surface area (Å²) in [6.45, 7) is 0.310. The third-order valence-corrected chi connectivity index (χ3v) is 5.09. The van der Waals surface area contributed by atoms with E-state index in [-0.39, 0.29) is 17.2 Å². The molecular formula is C20H16Cl2N4O3. The first-order chi connectivity index (χ1) is 13.8. The van der Waals surface area contributed by atoms with E-state index in [0.29, 0.717) is 22.3 Å². The zero-order valence-corrected chi connectivity index (χ0v) is 17.1. The molecule has 2 heterocycles. The molecule has 2 aromatic carbocycles. The van der Waals surface area contributed by atoms with Crippen molar-refractivity contribution in [2.75, 3.05) is 0 Å². The van der Waals surface area contributed by atoms with Crippen LogP contribution in [0.1, 0.15) is 5.56 Å². The minimum Gasteiger partial charge on any atom is -0.425 e. The van der Waals surface area contributed by atoms with Crippen molar-refractivity contribution in [3.05, 3.63) is 85.0 Å². The lowest BCUT2D eigenvalue weighted by molar-refractivity contribution is 0.421. The molecule has 0 aliphatic carbocycles. The molecule has 0 aliphatic rings. The van der Waals surface area contributed by atoms with Gasteiger partial charge in [-0.25, -0.2) is 4.79 Å². The molecule has 0 unspecified atom stereocenters. The first kappa shape index (κ1) is 19.3. The summed E-state index contributed by atoms with van der Waals surface area (Å²) in [7, 11) is 3.00. The molecule has 0 fully saturated rings. The van der Waals surface area contributed by atoms with Gasteiger partial charge >= 0.3 is 11.7 Å². The van der Waals surface area contributed by atoms with Gasteiger partial charge in [-0.05, 0) is 42.0 Å². The fraction of sp³-hybridized carbons (Fsp3) is 0.150. The summed E-state index contributed by atoms with van der Waals surface area (Å²) in [5.41, 5.74) is 0.502. The number of aryl methyl sites for hydroxylation is 1. The number of benzene rings is 2. The number of ether oxygens (including phenoxy) is 1. The van der Waals surface area contributed by atoms with Gasteiger partial charge in [-0.2, -0.15) is 4.98 Å². The van der Waals surface area contributed by atoms with Gasteiger partial charge in [0.2, 0.25) is 0 Å². The Hall–Kier alpha value is -3.03. The van der Waals surface area contributed by atoms with E-state index in [1.54, 1.807) is 48.0 Å². The first-order valence-corrected chi connectivity index (χ1v) is 9.45. The Balaban J connectivity index is 1.93. The Morgan fingerprint density at radius 3 is 2.10 bits per heavy atom. The second kappa shape index (κ2) is 7.42. The highest BCUT2D eigenvalue weighted by molar-refractivity contribution is 6.30. The molecule has 0 saturated heterocycles. The maximum absolute atomic E-state index is 12.9. The van der Waals surface area contributed by atoms with Crippen LogP contribution in [0.2, 0.25) is 10.0 Å². The fourth-order valence-electron chi connectivity index (χ4n) is 3.03. The molecular weight excluding hydrogens is 415 g/mol. The smallest absolute Gasteiger partial charge is 0.332 e. The van der Waals surface area contributed by atoms with Crippen LogP contribution in [0.15, 0.2) is 58.1 Å². The number of aromatic nitrogens is 4. The van der Waals surface area contributed by atoms with Gasteiger partial charge in [0.05, 0.1) is 6.54 Å². The van der Waals surface area contributed by atoms with E-state index in [0.717, 1.165) is 10.1 Å². The quantitative estimate of drug-likeness (QED) is 0.495. The van der Waals surface area contributed by atoms with Crippen LogP contribution in [-0.4, -0.2) is 18.7 Å². The Bertz CT molecular complexity index is 1320. The van der Waals surface area contributed by atoms with E-state index in [1.165, 1.54) is 11.6 Å². The van der Waals surface area contributed by atoms with Gasteiger partial charge in [0.25, 0.3) is 5.56 Å². The van der Waals surface area contributed by atoms with E-state index in [9.17, 15) is 9.59 Å². The number of nitrogens with zero attached hydrogens (tertiary/aromatic N) is 4. The van der Waals surface area contributed by atoms with Crippen LogP contribution in [0.5, 0.6) is 11.8 Å². The molecule has 4 rings (SSSR count). The van der Waals surface area contributed by atoms with Crippen LogP contribution in [0.4, 0.5) is 0 Å². The van der Waals surface area contributed by atoms with Crippen LogP contribution < -0.4 is 16.0 Å². The van der Waals surface area contributed by atoms with Gasteiger partial charge in [0, 0.05) is 24.1 Å². The molecule has 2 aromatic heterocycles. The van der Waals surface area contributed by atoms with Crippen LogP contribution in [0.25, 0.3) is 11.2 Å². The molecule has 148 valence electrons. The first-order valence-electron chi connectivity index (χ1n) is 8.69. The van der Waals surface area contributed by atoms with Crippen molar-refractivity contribution >= 4 is 34.4 Å². The Labute approximate surface area is 175 Å². The Morgan fingerprint density at radius 1 is 0.897 bits per heavy atom. The average molecular weight is 431 g/mol. The fourth-order valence-corrected chi connectivity index (χ4v) is 3.28. The largest absolute Gasteiger partial charge is 0.425 e. The van der Waals surface area contributed by atoms with Gasteiger partial charge in [0.15, 0.2) is 11.2 Å². The van der Waals surface area contributed by atoms with Gasteiger partial charge < -0.3 is 4.74 Å². The lowest BCUT2D eigenvalue weighted by Gasteiger charge is -2.10. The summed E-state index contributed by atoms with van der Waals surface area (Å²) in [6, 6.07) is 14.2. The summed E-state index contributed by atoms with van der Waals surface area (Å²) in [4.78, 5) is 29.6. The van der Waals surface area contributed by atoms with E-state index >= 15 is 0 Å². The minimum atomic E-state index is -0.461. The van der Waals surface area contributed by atoms with Crippen molar-refractivity contribution in [1.29, 1.82) is 0 Å². The summed E-state index contributed by atoms with van der Waals surface area (Å²) in [5.74, 6) is 0.504. The number of halogens is 2. The summed E-state index contributed by atoms with van der Waals surface area (Å²) in [6.07, 6.45) is 0. The van der Waals surface area contributed by atoms with Crippen molar-refractivity contribution < 1.29 is 4.74 Å². The van der Waals surface area contributed by atoms with Crippen molar-refractivity contribution in [2.24, 2.45) is 14.1 Å². The third kappa shape index (κ3) is 3.54. The number of imidazole rings is 1. The minimum absolute atomic E-state index is 0.190. The maximum atomic E-state index is 12.9. The van der Waals surface area contributed by atoms with Crippen LogP contribution in [0, 0.1) is 0 Å². The highest BCUT2D eigenvalue weighted by atomic mass is 35.5. The highest BCUT2D eigenvalue weighted by Gasteiger charge is 2.21. The van der Waals surface area contributed by atoms with E-state index in [1.807, 2.05) is 12.1 Å². The number of hydrogen-bond acceptors (Lipinski definition) is 4. The lowest BCUT2D eigenvalue weighted by Crippen LogP contribution is -2.37. The average Bonchev–Trinajstić information content (AvgIpc) is 3.06. The number of rotatable bonds is 4. The zero-order chi connectivity index (χ0) is 20.7. The SMILES string of the molecule is Cn1c(=O)c2c(nc(Oc3ccc(Cl)cc3)n2Cc2ccc(Cl)cc2)n(C)c1=O. The normalized spacial score (nSPS) is 11.2. The highest BCUT2D eigenvalue weighted by Crippen LogP contribution is 2.26. The Morgan fingerprint density at radius 2 is 1.48 bits per heavy atom. The Kier molecular flexibility index (Phi) is 4.94. The molecule has 0 bridgehead atoms. The molecule has 0 aliphatic heterocycles. The third-order valence-electron chi connectivity index (χ3n) is 4.59. The number of fused-ring (bicyclic) bond motifs is 1. The number of hydrogen-bond donors (Lipinski definition) is 0. The molecule has 9 heteroatoms. The van der Waals surface area contributed by atoms with Gasteiger partial charge in [-0.1, -0.05) is 35.3 Å². The van der Waals surface area contributed by atoms with Crippen molar-refractivity contribution in [3.8, 4) is 11.8 Å². The second-order valence-corrected chi connectivity index (χ2v) is 7.41. The molecule has 4 aromatic rings. The predicted molar refractivity (Wildman–Crippen MR) is 112 cm³/mol. The molecule has 0 N–H and O–H groups in total. The second-order valence-electron chi connectivity index (χ2n) is 6.54. The summed E-state index contributed by atoms with van der Waals surface area (Å²) < 4.78 is 9.96. The molecule has 0 saturated carbocycles. The van der Waals surface area contributed by atoms with Crippen molar-refractivity contribution in [3.63, 3.8) is 0 Å². The lowest BCUT2D eigenvalue weighted by atomic mass is 10.2. The standard InChI is InChI=1S/C20H16Cl2N4O3/c1-24-17-16(18(27)25(2)20(24)28)26(11-12-3-5-13(21)6-4-12)19(23-17)29-15-9-7-14(22)8-10-15/h3-10H,11H2,1-2H3. The molecule has 0 atom stereocenters. The van der Waals surface area contributed by atoms with Crippen LogP contribution in [-0.2, 0) is 20.6 Å². The maximum Gasteiger partial charge on any atom is 0.332 e. The topological polar surface area (TPSA) is 71.1 Å². The monoisotopic (exact) mass is 430 g/mol. The van der Waals surface area contributed by atoms with Crippen molar-refractivity contribution in [1.82, 2.24) is 18.7 Å². The van der Waals surface area contributed by atoms with E-state index in [2.05, 4.69) is 4.98 Å². The van der Waals surface area contributed by atoms with E-state index < -0.39 is 11.2 Å². The molecule has 0 spiro atoms. The molecule has 7 nitrogen and oxygen atoms in total. The zero-order valence-electron chi connectivity index (χ0n) is 15.6. The summed E-state index contributed by atoms with van der Waals surface area (Å²) in [5, 5.41) is 1.18. The van der Waals surface area contributed by atoms with Crippen molar-refractivity contribution in [2.45, 2.75) is 6.54 Å². The van der Waals surface area contributed by atoms with Gasteiger partial charge in [0.1, 0.15) is 5.75 Å². The molecule has 0 radical (unpaired) electrons.